The van der Waals surface area contributed by atoms with Crippen LogP contribution in [0.1, 0.15) is 12.3 Å². The third-order valence-electron chi connectivity index (χ3n) is 3.85. The molecule has 1 aliphatic heterocycles. The Morgan fingerprint density at radius 2 is 1.96 bits per heavy atom. The van der Waals surface area contributed by atoms with Gasteiger partial charge in [-0.3, -0.25) is 10.2 Å². The molecule has 0 saturated carbocycles. The summed E-state index contributed by atoms with van der Waals surface area (Å²) in [6, 6.07) is 9.64. The standard InChI is InChI=1S/C16H21N5O2/c1-20-9-11-21(12-10-20)18-14(22)7-8-15-17-16(19-23-15)13-5-3-2-4-6-13/h2-6H,7-12H2,1H3,(H,18,22). The molecule has 1 aromatic heterocycles. The molecule has 7 heteroatoms. The summed E-state index contributed by atoms with van der Waals surface area (Å²) in [7, 11) is 2.08. The van der Waals surface area contributed by atoms with E-state index in [1.54, 1.807) is 0 Å². The lowest BCUT2D eigenvalue weighted by Crippen LogP contribution is -2.52. The SMILES string of the molecule is CN1CCN(NC(=O)CCc2nc(-c3ccccc3)no2)CC1. The number of hydrazine groups is 1. The zero-order valence-electron chi connectivity index (χ0n) is 13.2. The highest BCUT2D eigenvalue weighted by atomic mass is 16.5. The predicted molar refractivity (Wildman–Crippen MR) is 85.3 cm³/mol. The lowest BCUT2D eigenvalue weighted by atomic mass is 10.2. The van der Waals surface area contributed by atoms with Crippen LogP contribution in [-0.4, -0.2) is 59.2 Å². The van der Waals surface area contributed by atoms with Gasteiger partial charge in [-0.1, -0.05) is 35.5 Å². The summed E-state index contributed by atoms with van der Waals surface area (Å²) < 4.78 is 5.21. The molecule has 3 rings (SSSR count). The number of benzene rings is 1. The highest BCUT2D eigenvalue weighted by Gasteiger charge is 2.16. The van der Waals surface area contributed by atoms with Crippen LogP contribution in [0.2, 0.25) is 0 Å². The van der Waals surface area contributed by atoms with Crippen LogP contribution in [0.25, 0.3) is 11.4 Å². The molecule has 1 aromatic carbocycles. The Morgan fingerprint density at radius 3 is 2.70 bits per heavy atom. The van der Waals surface area contributed by atoms with E-state index in [2.05, 4.69) is 27.5 Å². The minimum atomic E-state index is -0.0194. The van der Waals surface area contributed by atoms with E-state index >= 15 is 0 Å². The van der Waals surface area contributed by atoms with Crippen molar-refractivity contribution in [2.75, 3.05) is 33.2 Å². The van der Waals surface area contributed by atoms with Crippen molar-refractivity contribution in [1.29, 1.82) is 0 Å². The van der Waals surface area contributed by atoms with Gasteiger partial charge in [0.2, 0.25) is 17.6 Å². The van der Waals surface area contributed by atoms with Gasteiger partial charge in [0.25, 0.3) is 0 Å². The maximum absolute atomic E-state index is 12.0. The third-order valence-corrected chi connectivity index (χ3v) is 3.85. The second-order valence-corrected chi connectivity index (χ2v) is 5.70. The third kappa shape index (κ3) is 4.37. The highest BCUT2D eigenvalue weighted by Crippen LogP contribution is 2.15. The second kappa shape index (κ2) is 7.34. The molecule has 1 N–H and O–H groups in total. The first-order valence-electron chi connectivity index (χ1n) is 7.82. The predicted octanol–water partition coefficient (Wildman–Crippen LogP) is 0.948. The maximum atomic E-state index is 12.0. The fourth-order valence-corrected chi connectivity index (χ4v) is 2.43. The van der Waals surface area contributed by atoms with Gasteiger partial charge in [-0.15, -0.1) is 0 Å². The Kier molecular flexibility index (Phi) is 4.99. The first-order valence-corrected chi connectivity index (χ1v) is 7.82. The molecule has 0 unspecified atom stereocenters. The van der Waals surface area contributed by atoms with Crippen molar-refractivity contribution in [3.8, 4) is 11.4 Å². The van der Waals surface area contributed by atoms with Gasteiger partial charge in [0, 0.05) is 44.6 Å². The zero-order chi connectivity index (χ0) is 16.1. The first-order chi connectivity index (χ1) is 11.2. The number of nitrogens with zero attached hydrogens (tertiary/aromatic N) is 4. The monoisotopic (exact) mass is 315 g/mol. The van der Waals surface area contributed by atoms with Crippen LogP contribution in [0.5, 0.6) is 0 Å². The number of rotatable bonds is 5. The Labute approximate surface area is 135 Å². The molecule has 0 spiro atoms. The van der Waals surface area contributed by atoms with Crippen molar-refractivity contribution in [3.05, 3.63) is 36.2 Å². The van der Waals surface area contributed by atoms with Gasteiger partial charge >= 0.3 is 0 Å². The minimum absolute atomic E-state index is 0.0194. The number of hydrogen-bond donors (Lipinski definition) is 1. The molecule has 122 valence electrons. The van der Waals surface area contributed by atoms with Crippen molar-refractivity contribution < 1.29 is 9.32 Å². The fraction of sp³-hybridized carbons (Fsp3) is 0.438. The number of aromatic nitrogens is 2. The summed E-state index contributed by atoms with van der Waals surface area (Å²) in [5, 5.41) is 5.92. The van der Waals surface area contributed by atoms with Crippen LogP contribution < -0.4 is 5.43 Å². The van der Waals surface area contributed by atoms with Crippen molar-refractivity contribution in [2.24, 2.45) is 0 Å². The van der Waals surface area contributed by atoms with Gasteiger partial charge in [0.05, 0.1) is 0 Å². The van der Waals surface area contributed by atoms with E-state index in [1.165, 1.54) is 0 Å². The topological polar surface area (TPSA) is 74.5 Å². The van der Waals surface area contributed by atoms with Gasteiger partial charge in [0.1, 0.15) is 0 Å². The Hall–Kier alpha value is -2.25. The first kappa shape index (κ1) is 15.6. The number of likely N-dealkylation sites (N-methyl/N-ethyl adjacent to an activating group) is 1. The highest BCUT2D eigenvalue weighted by molar-refractivity contribution is 5.75. The molecule has 7 nitrogen and oxygen atoms in total. The van der Waals surface area contributed by atoms with Crippen molar-refractivity contribution in [3.63, 3.8) is 0 Å². The van der Waals surface area contributed by atoms with Gasteiger partial charge in [-0.05, 0) is 7.05 Å². The van der Waals surface area contributed by atoms with E-state index in [-0.39, 0.29) is 5.91 Å². The van der Waals surface area contributed by atoms with Crippen LogP contribution in [-0.2, 0) is 11.2 Å². The van der Waals surface area contributed by atoms with E-state index in [1.807, 2.05) is 35.3 Å². The lowest BCUT2D eigenvalue weighted by molar-refractivity contribution is -0.126. The van der Waals surface area contributed by atoms with Gasteiger partial charge in [-0.25, -0.2) is 5.01 Å². The molecule has 1 amide bonds. The average Bonchev–Trinajstić information content (AvgIpc) is 3.05. The number of aryl methyl sites for hydroxylation is 1. The number of piperazine rings is 1. The van der Waals surface area contributed by atoms with Crippen molar-refractivity contribution in [1.82, 2.24) is 25.5 Å². The summed E-state index contributed by atoms with van der Waals surface area (Å²) in [5.41, 5.74) is 3.83. The molecular formula is C16H21N5O2. The number of hydrogen-bond acceptors (Lipinski definition) is 6. The Balaban J connectivity index is 1.47. The molecular weight excluding hydrogens is 294 g/mol. The quantitative estimate of drug-likeness (QED) is 0.885. The van der Waals surface area contributed by atoms with E-state index in [0.29, 0.717) is 24.6 Å². The minimum Gasteiger partial charge on any atom is -0.339 e. The van der Waals surface area contributed by atoms with Gasteiger partial charge in [0.15, 0.2) is 0 Å². The molecule has 0 radical (unpaired) electrons. The molecule has 0 aliphatic carbocycles. The molecule has 23 heavy (non-hydrogen) atoms. The summed E-state index contributed by atoms with van der Waals surface area (Å²) in [6.45, 7) is 3.62. The van der Waals surface area contributed by atoms with Gasteiger partial charge < -0.3 is 9.42 Å². The van der Waals surface area contributed by atoms with E-state index < -0.39 is 0 Å². The van der Waals surface area contributed by atoms with Gasteiger partial charge in [-0.2, -0.15) is 4.98 Å². The zero-order valence-corrected chi connectivity index (χ0v) is 13.2. The molecule has 1 aliphatic rings. The summed E-state index contributed by atoms with van der Waals surface area (Å²) >= 11 is 0. The van der Waals surface area contributed by atoms with Crippen molar-refractivity contribution in [2.45, 2.75) is 12.8 Å². The molecule has 0 bridgehead atoms. The van der Waals surface area contributed by atoms with Crippen LogP contribution in [0.15, 0.2) is 34.9 Å². The van der Waals surface area contributed by atoms with E-state index in [9.17, 15) is 4.79 Å². The van der Waals surface area contributed by atoms with Crippen LogP contribution in [0.4, 0.5) is 0 Å². The molecule has 0 atom stereocenters. The number of carbonyl (C=O) groups excluding carboxylic acids is 1. The van der Waals surface area contributed by atoms with E-state index in [0.717, 1.165) is 31.7 Å². The maximum Gasteiger partial charge on any atom is 0.234 e. The largest absolute Gasteiger partial charge is 0.339 e. The smallest absolute Gasteiger partial charge is 0.234 e. The lowest BCUT2D eigenvalue weighted by Gasteiger charge is -2.32. The van der Waals surface area contributed by atoms with Crippen molar-refractivity contribution >= 4 is 5.91 Å². The molecule has 1 fully saturated rings. The number of nitrogens with one attached hydrogen (secondary N) is 1. The number of amides is 1. The Bertz CT molecular complexity index is 635. The summed E-state index contributed by atoms with van der Waals surface area (Å²) in [5.74, 6) is 1.02. The van der Waals surface area contributed by atoms with E-state index in [4.69, 9.17) is 4.52 Å². The fourth-order valence-electron chi connectivity index (χ4n) is 2.43. The van der Waals surface area contributed by atoms with Crippen LogP contribution in [0.3, 0.4) is 0 Å². The Morgan fingerprint density at radius 1 is 1.22 bits per heavy atom. The second-order valence-electron chi connectivity index (χ2n) is 5.70. The summed E-state index contributed by atoms with van der Waals surface area (Å²) in [4.78, 5) is 18.6. The normalized spacial score (nSPS) is 16.4. The van der Waals surface area contributed by atoms with Crippen LogP contribution >= 0.6 is 0 Å². The summed E-state index contributed by atoms with van der Waals surface area (Å²) in [6.07, 6.45) is 0.780. The van der Waals surface area contributed by atoms with Crippen LogP contribution in [0, 0.1) is 0 Å². The average molecular weight is 315 g/mol. The molecule has 2 aromatic rings. The molecule has 2 heterocycles. The molecule has 1 saturated heterocycles. The number of carbonyl (C=O) groups is 1.